The highest BCUT2D eigenvalue weighted by Gasteiger charge is 2.11. The molecule has 3 rings (SSSR count). The van der Waals surface area contributed by atoms with E-state index < -0.39 is 0 Å². The molecule has 26 heavy (non-hydrogen) atoms. The Morgan fingerprint density at radius 1 is 1.00 bits per heavy atom. The maximum Gasteiger partial charge on any atom is 0.252 e. The van der Waals surface area contributed by atoms with Crippen molar-refractivity contribution in [1.29, 1.82) is 0 Å². The summed E-state index contributed by atoms with van der Waals surface area (Å²) >= 11 is 1.48. The number of amides is 2. The van der Waals surface area contributed by atoms with Crippen LogP contribution in [0, 0.1) is 0 Å². The lowest BCUT2D eigenvalue weighted by atomic mass is 10.1. The summed E-state index contributed by atoms with van der Waals surface area (Å²) in [5.74, 6) is -0.190. The summed E-state index contributed by atoms with van der Waals surface area (Å²) < 4.78 is 0. The second-order valence-electron chi connectivity index (χ2n) is 6.59. The third-order valence-electron chi connectivity index (χ3n) is 4.54. The molecule has 0 aliphatic carbocycles. The van der Waals surface area contributed by atoms with E-state index in [1.54, 1.807) is 11.4 Å². The van der Waals surface area contributed by atoms with Gasteiger partial charge in [0, 0.05) is 37.0 Å². The predicted octanol–water partition coefficient (Wildman–Crippen LogP) is 2.78. The van der Waals surface area contributed by atoms with Crippen molar-refractivity contribution in [1.82, 2.24) is 15.5 Å². The zero-order chi connectivity index (χ0) is 18.2. The van der Waals surface area contributed by atoms with Gasteiger partial charge < -0.3 is 10.6 Å². The summed E-state index contributed by atoms with van der Waals surface area (Å²) in [5.41, 5.74) is 3.05. The van der Waals surface area contributed by atoms with E-state index in [1.807, 2.05) is 5.38 Å². The van der Waals surface area contributed by atoms with Gasteiger partial charge in [-0.05, 0) is 48.5 Å². The van der Waals surface area contributed by atoms with E-state index in [9.17, 15) is 9.59 Å². The third-order valence-corrected chi connectivity index (χ3v) is 5.22. The smallest absolute Gasteiger partial charge is 0.252 e. The molecule has 2 N–H and O–H groups in total. The molecule has 1 fully saturated rings. The highest BCUT2D eigenvalue weighted by atomic mass is 32.1. The van der Waals surface area contributed by atoms with Crippen LogP contribution in [0.15, 0.2) is 41.1 Å². The van der Waals surface area contributed by atoms with Crippen LogP contribution in [0.25, 0.3) is 0 Å². The Morgan fingerprint density at radius 3 is 2.42 bits per heavy atom. The fourth-order valence-electron chi connectivity index (χ4n) is 3.04. The summed E-state index contributed by atoms with van der Waals surface area (Å²) in [5, 5.41) is 9.31. The molecule has 0 saturated carbocycles. The van der Waals surface area contributed by atoms with Crippen LogP contribution < -0.4 is 10.6 Å². The van der Waals surface area contributed by atoms with Crippen molar-refractivity contribution >= 4 is 23.2 Å². The number of thiophene rings is 1. The molecule has 2 aromatic rings. The Balaban J connectivity index is 1.34. The van der Waals surface area contributed by atoms with Gasteiger partial charge in [0.25, 0.3) is 5.91 Å². The summed E-state index contributed by atoms with van der Waals surface area (Å²) in [7, 11) is 0. The minimum absolute atomic E-state index is 0.0586. The molecule has 6 heteroatoms. The number of hydrogen-bond acceptors (Lipinski definition) is 4. The molecule has 0 atom stereocenters. The van der Waals surface area contributed by atoms with Crippen LogP contribution in [0.1, 0.15) is 40.7 Å². The average Bonchev–Trinajstić information content (AvgIpc) is 3.35. The molecule has 2 amide bonds. The predicted molar refractivity (Wildman–Crippen MR) is 104 cm³/mol. The SMILES string of the molecule is O=C(CCNC(=O)c1ccsc1)NCc1ccc(CN2CCCC2)cc1. The zero-order valence-corrected chi connectivity index (χ0v) is 15.7. The van der Waals surface area contributed by atoms with Crippen LogP contribution in [-0.4, -0.2) is 36.3 Å². The lowest BCUT2D eigenvalue weighted by Gasteiger charge is -2.14. The van der Waals surface area contributed by atoms with Crippen molar-refractivity contribution in [2.24, 2.45) is 0 Å². The Labute approximate surface area is 158 Å². The highest BCUT2D eigenvalue weighted by Crippen LogP contribution is 2.13. The number of hydrogen-bond donors (Lipinski definition) is 2. The number of carbonyl (C=O) groups excluding carboxylic acids is 2. The van der Waals surface area contributed by atoms with Crippen molar-refractivity contribution in [3.63, 3.8) is 0 Å². The van der Waals surface area contributed by atoms with Gasteiger partial charge in [0.15, 0.2) is 0 Å². The summed E-state index contributed by atoms with van der Waals surface area (Å²) in [6, 6.07) is 10.2. The van der Waals surface area contributed by atoms with Crippen LogP contribution in [-0.2, 0) is 17.9 Å². The summed E-state index contributed by atoms with van der Waals surface area (Å²) in [6.45, 7) is 4.26. The monoisotopic (exact) mass is 371 g/mol. The molecule has 1 aromatic carbocycles. The number of likely N-dealkylation sites (tertiary alicyclic amines) is 1. The summed E-state index contributed by atoms with van der Waals surface area (Å²) in [6.07, 6.45) is 2.89. The number of benzene rings is 1. The average molecular weight is 372 g/mol. The number of nitrogens with one attached hydrogen (secondary N) is 2. The maximum absolute atomic E-state index is 11.9. The minimum atomic E-state index is -0.132. The Bertz CT molecular complexity index is 707. The van der Waals surface area contributed by atoms with Crippen molar-refractivity contribution in [3.05, 3.63) is 57.8 Å². The van der Waals surface area contributed by atoms with Gasteiger partial charge in [-0.1, -0.05) is 24.3 Å². The second-order valence-corrected chi connectivity index (χ2v) is 7.37. The fraction of sp³-hybridized carbons (Fsp3) is 0.400. The van der Waals surface area contributed by atoms with Crippen LogP contribution >= 0.6 is 11.3 Å². The number of carbonyl (C=O) groups is 2. The van der Waals surface area contributed by atoms with Crippen LogP contribution in [0.4, 0.5) is 0 Å². The van der Waals surface area contributed by atoms with E-state index in [-0.39, 0.29) is 18.2 Å². The molecule has 1 saturated heterocycles. The van der Waals surface area contributed by atoms with Gasteiger partial charge in [-0.2, -0.15) is 11.3 Å². The molecule has 0 radical (unpaired) electrons. The van der Waals surface area contributed by atoms with Gasteiger partial charge in [-0.15, -0.1) is 0 Å². The van der Waals surface area contributed by atoms with E-state index in [4.69, 9.17) is 0 Å². The van der Waals surface area contributed by atoms with Crippen LogP contribution in [0.5, 0.6) is 0 Å². The normalized spacial score (nSPS) is 14.3. The fourth-order valence-corrected chi connectivity index (χ4v) is 3.67. The molecule has 1 aliphatic rings. The van der Waals surface area contributed by atoms with E-state index >= 15 is 0 Å². The van der Waals surface area contributed by atoms with Gasteiger partial charge in [0.1, 0.15) is 0 Å². The molecule has 5 nitrogen and oxygen atoms in total. The largest absolute Gasteiger partial charge is 0.352 e. The molecule has 2 heterocycles. The molecular formula is C20H25N3O2S. The highest BCUT2D eigenvalue weighted by molar-refractivity contribution is 7.08. The Hall–Kier alpha value is -2.18. The molecule has 1 aromatic heterocycles. The Kier molecular flexibility index (Phi) is 6.80. The van der Waals surface area contributed by atoms with Crippen molar-refractivity contribution in [2.45, 2.75) is 32.4 Å². The lowest BCUT2D eigenvalue weighted by molar-refractivity contribution is -0.121. The van der Waals surface area contributed by atoms with Crippen molar-refractivity contribution < 1.29 is 9.59 Å². The number of rotatable bonds is 8. The first-order chi connectivity index (χ1) is 12.7. The molecular weight excluding hydrogens is 346 g/mol. The molecule has 0 unspecified atom stereocenters. The minimum Gasteiger partial charge on any atom is -0.352 e. The number of nitrogens with zero attached hydrogens (tertiary/aromatic N) is 1. The maximum atomic E-state index is 11.9. The Morgan fingerprint density at radius 2 is 1.73 bits per heavy atom. The van der Waals surface area contributed by atoms with E-state index in [2.05, 4.69) is 39.8 Å². The van der Waals surface area contributed by atoms with Crippen molar-refractivity contribution in [2.75, 3.05) is 19.6 Å². The first kappa shape index (κ1) is 18.6. The first-order valence-electron chi connectivity index (χ1n) is 9.08. The third kappa shape index (κ3) is 5.68. The standard InChI is InChI=1S/C20H25N3O2S/c24-19(7-9-21-20(25)18-8-12-26-15-18)22-13-16-3-5-17(6-4-16)14-23-10-1-2-11-23/h3-6,8,12,15H,1-2,7,9-11,13-14H2,(H,21,25)(H,22,24). The molecule has 0 spiro atoms. The van der Waals surface area contributed by atoms with Gasteiger partial charge in [0.05, 0.1) is 0 Å². The molecule has 0 bridgehead atoms. The zero-order valence-electron chi connectivity index (χ0n) is 14.9. The summed E-state index contributed by atoms with van der Waals surface area (Å²) in [4.78, 5) is 26.2. The topological polar surface area (TPSA) is 61.4 Å². The quantitative estimate of drug-likeness (QED) is 0.750. The van der Waals surface area contributed by atoms with Gasteiger partial charge in [0.2, 0.25) is 5.91 Å². The van der Waals surface area contributed by atoms with E-state index in [0.29, 0.717) is 18.7 Å². The molecule has 1 aliphatic heterocycles. The second kappa shape index (κ2) is 9.50. The van der Waals surface area contributed by atoms with Gasteiger partial charge >= 0.3 is 0 Å². The lowest BCUT2D eigenvalue weighted by Crippen LogP contribution is -2.30. The van der Waals surface area contributed by atoms with Gasteiger partial charge in [-0.25, -0.2) is 0 Å². The van der Waals surface area contributed by atoms with Crippen molar-refractivity contribution in [3.8, 4) is 0 Å². The molecule has 138 valence electrons. The van der Waals surface area contributed by atoms with Gasteiger partial charge in [-0.3, -0.25) is 14.5 Å². The van der Waals surface area contributed by atoms with E-state index in [1.165, 1.54) is 42.8 Å². The van der Waals surface area contributed by atoms with E-state index in [0.717, 1.165) is 12.1 Å². The van der Waals surface area contributed by atoms with Crippen LogP contribution in [0.3, 0.4) is 0 Å². The van der Waals surface area contributed by atoms with Crippen LogP contribution in [0.2, 0.25) is 0 Å². The first-order valence-corrected chi connectivity index (χ1v) is 10.0.